The van der Waals surface area contributed by atoms with Crippen molar-refractivity contribution in [3.63, 3.8) is 0 Å². The van der Waals surface area contributed by atoms with Crippen LogP contribution < -0.4 is 0 Å². The van der Waals surface area contributed by atoms with E-state index in [2.05, 4.69) is 26.5 Å². The molecule has 0 radical (unpaired) electrons. The minimum atomic E-state index is -2.49. The lowest BCUT2D eigenvalue weighted by Crippen LogP contribution is -2.64. The Balaban J connectivity index is 1.78. The molecule has 1 saturated carbocycles. The second-order valence-corrected chi connectivity index (χ2v) is 17.7. The van der Waals surface area contributed by atoms with Crippen molar-refractivity contribution in [3.05, 3.63) is 36.0 Å². The highest BCUT2D eigenvalue weighted by atomic mass is 16.7. The Bertz CT molecular complexity index is 1480. The van der Waals surface area contributed by atoms with Crippen molar-refractivity contribution in [1.29, 1.82) is 0 Å². The number of carbonyl (C=O) groups excluding carboxylic acids is 4. The van der Waals surface area contributed by atoms with E-state index in [1.165, 1.54) is 19.1 Å². The van der Waals surface area contributed by atoms with Gasteiger partial charge < -0.3 is 38.8 Å². The lowest BCUT2D eigenvalue weighted by molar-refractivity contribution is -0.302. The number of methoxy groups -OCH3 is 3. The highest BCUT2D eigenvalue weighted by Gasteiger charge is 2.56. The summed E-state index contributed by atoms with van der Waals surface area (Å²) >= 11 is 0. The van der Waals surface area contributed by atoms with Gasteiger partial charge in [-0.1, -0.05) is 51.5 Å². The van der Waals surface area contributed by atoms with E-state index < -0.39 is 77.8 Å². The third kappa shape index (κ3) is 11.3. The molecule has 14 atom stereocenters. The largest absolute Gasteiger partial charge is 0.456 e. The topological polar surface area (TPSA) is 158 Å². The smallest absolute Gasteiger partial charge is 0.329 e. The Morgan fingerprint density at radius 1 is 0.947 bits per heavy atom. The summed E-state index contributed by atoms with van der Waals surface area (Å²) in [5.74, 6) is -6.96. The summed E-state index contributed by atoms with van der Waals surface area (Å²) in [4.78, 5) is 57.9. The standard InChI is InChI=1S/C45H71NO11/c1-11-14-33-20-26(2)19-27(3)21-38(54-9)41-39(55-10)23-30(6)45(52,57-41)42(49)43(50)46-18-13-12-15-34(46)44(51)56-40(31(7)35(47)25-36(33)48)29(5)22-32-17-16-28(4)37(24-32)53-8/h11,20,22,27-28,30-35,37-41,47,52H,1,12-19,21,23-25H2,2-10H3/b26-20+,29-22+/t27-,28+,30-,31+,32+,33+,34+,35-,37-,38-,39+,40+,41-,45-/m1/s1. The van der Waals surface area contributed by atoms with Gasteiger partial charge in [0.1, 0.15) is 24.0 Å². The van der Waals surface area contributed by atoms with Crippen molar-refractivity contribution in [2.45, 2.75) is 161 Å². The predicted molar refractivity (Wildman–Crippen MR) is 216 cm³/mol. The monoisotopic (exact) mass is 802 g/mol. The van der Waals surface area contributed by atoms with E-state index in [9.17, 15) is 29.4 Å². The molecule has 4 rings (SSSR count). The summed E-state index contributed by atoms with van der Waals surface area (Å²) in [7, 11) is 4.79. The minimum Gasteiger partial charge on any atom is -0.456 e. The number of Topliss-reactive ketones (excluding diaryl/α,β-unsaturated/α-hetero) is 2. The molecular formula is C45H71NO11. The Morgan fingerprint density at radius 3 is 2.26 bits per heavy atom. The fraction of sp³-hybridized carbons (Fsp3) is 0.778. The number of nitrogens with zero attached hydrogens (tertiary/aromatic N) is 1. The number of aliphatic hydroxyl groups is 2. The number of cyclic esters (lactones) is 1. The highest BCUT2D eigenvalue weighted by molar-refractivity contribution is 6.39. The van der Waals surface area contributed by atoms with Crippen LogP contribution in [0.25, 0.3) is 0 Å². The van der Waals surface area contributed by atoms with E-state index >= 15 is 0 Å². The number of piperidine rings is 1. The van der Waals surface area contributed by atoms with Gasteiger partial charge in [0.25, 0.3) is 11.7 Å². The number of amides is 1. The first-order valence-corrected chi connectivity index (χ1v) is 21.2. The quantitative estimate of drug-likeness (QED) is 0.179. The molecule has 0 aromatic heterocycles. The van der Waals surface area contributed by atoms with Crippen molar-refractivity contribution in [1.82, 2.24) is 4.90 Å². The van der Waals surface area contributed by atoms with E-state index in [0.717, 1.165) is 30.4 Å². The molecule has 2 saturated heterocycles. The maximum absolute atomic E-state index is 14.3. The van der Waals surface area contributed by atoms with Crippen LogP contribution in [0.1, 0.15) is 112 Å². The zero-order valence-electron chi connectivity index (χ0n) is 35.9. The molecule has 4 aliphatic rings. The summed E-state index contributed by atoms with van der Waals surface area (Å²) in [6.45, 7) is 15.5. The molecule has 0 aromatic rings. The molecule has 3 fully saturated rings. The van der Waals surface area contributed by atoms with Gasteiger partial charge in [-0.25, -0.2) is 4.79 Å². The van der Waals surface area contributed by atoms with Gasteiger partial charge in [0.05, 0.1) is 24.4 Å². The summed E-state index contributed by atoms with van der Waals surface area (Å²) in [6.07, 6.45) is 7.37. The second-order valence-electron chi connectivity index (χ2n) is 17.7. The molecule has 0 unspecified atom stereocenters. The number of hydrogen-bond acceptors (Lipinski definition) is 11. The van der Waals surface area contributed by atoms with Crippen LogP contribution in [-0.4, -0.2) is 115 Å². The lowest BCUT2D eigenvalue weighted by Gasteiger charge is -2.47. The zero-order chi connectivity index (χ0) is 42.2. The van der Waals surface area contributed by atoms with Crippen LogP contribution in [0.3, 0.4) is 0 Å². The molecule has 0 spiro atoms. The predicted octanol–water partition coefficient (Wildman–Crippen LogP) is 5.91. The lowest BCUT2D eigenvalue weighted by atomic mass is 9.79. The fourth-order valence-electron chi connectivity index (χ4n) is 9.67. The van der Waals surface area contributed by atoms with Crippen molar-refractivity contribution >= 4 is 23.4 Å². The van der Waals surface area contributed by atoms with Crippen LogP contribution in [0.2, 0.25) is 0 Å². The summed E-state index contributed by atoms with van der Waals surface area (Å²) in [6, 6.07) is -1.11. The molecule has 3 heterocycles. The number of aliphatic hydroxyl groups excluding tert-OH is 1. The first kappa shape index (κ1) is 46.9. The molecule has 1 amide bonds. The van der Waals surface area contributed by atoms with Crippen LogP contribution in [0.15, 0.2) is 36.0 Å². The molecule has 322 valence electrons. The number of ether oxygens (including phenoxy) is 5. The molecule has 2 bridgehead atoms. The third-order valence-electron chi connectivity index (χ3n) is 13.2. The average molecular weight is 802 g/mol. The van der Waals surface area contributed by atoms with E-state index in [-0.39, 0.29) is 49.5 Å². The third-order valence-corrected chi connectivity index (χ3v) is 13.2. The van der Waals surface area contributed by atoms with Crippen LogP contribution in [0.4, 0.5) is 0 Å². The first-order valence-electron chi connectivity index (χ1n) is 21.2. The number of fused-ring (bicyclic) bond motifs is 3. The molecule has 2 N–H and O–H groups in total. The fourth-order valence-corrected chi connectivity index (χ4v) is 9.67. The van der Waals surface area contributed by atoms with Gasteiger partial charge in [0, 0.05) is 52.0 Å². The molecule has 12 heteroatoms. The molecule has 1 aliphatic carbocycles. The maximum atomic E-state index is 14.3. The number of hydrogen-bond donors (Lipinski definition) is 2. The van der Waals surface area contributed by atoms with Crippen LogP contribution in [0.5, 0.6) is 0 Å². The zero-order valence-corrected chi connectivity index (χ0v) is 35.9. The number of ketones is 2. The van der Waals surface area contributed by atoms with Crippen molar-refractivity contribution in [2.24, 2.45) is 35.5 Å². The van der Waals surface area contributed by atoms with E-state index in [4.69, 9.17) is 23.7 Å². The molecule has 3 aliphatic heterocycles. The SMILES string of the molecule is C=CC[C@H]1/C=C(\C)C[C@@H](C)C[C@@H](OC)[C@H]2O[C@@](O)(C(=O)C(=O)N3CCCC[C@H]3C(=O)O[C@@H](/C(C)=C/[C@@H]3CC[C@H](C)[C@H](OC)C3)[C@@H](C)[C@H](O)CC1=O)[C@H](C)C[C@@H]2OC. The first-order chi connectivity index (χ1) is 27.0. The normalized spacial score (nSPS) is 41.0. The summed E-state index contributed by atoms with van der Waals surface area (Å²) < 4.78 is 30.1. The van der Waals surface area contributed by atoms with Gasteiger partial charge in [-0.3, -0.25) is 14.4 Å². The Labute approximate surface area is 340 Å². The average Bonchev–Trinajstić information content (AvgIpc) is 3.18. The van der Waals surface area contributed by atoms with Crippen LogP contribution >= 0.6 is 0 Å². The number of rotatable bonds is 7. The number of esters is 1. The molecular weight excluding hydrogens is 730 g/mol. The number of carbonyl (C=O) groups is 4. The van der Waals surface area contributed by atoms with Gasteiger partial charge in [0.15, 0.2) is 0 Å². The molecule has 0 aromatic carbocycles. The van der Waals surface area contributed by atoms with Gasteiger partial charge in [-0.05, 0) is 101 Å². The van der Waals surface area contributed by atoms with Gasteiger partial charge >= 0.3 is 5.97 Å². The minimum absolute atomic E-state index is 0.0237. The van der Waals surface area contributed by atoms with Gasteiger partial charge in [-0.2, -0.15) is 0 Å². The van der Waals surface area contributed by atoms with Crippen molar-refractivity contribution in [3.8, 4) is 0 Å². The van der Waals surface area contributed by atoms with Gasteiger partial charge in [-0.15, -0.1) is 6.58 Å². The van der Waals surface area contributed by atoms with E-state index in [1.54, 1.807) is 27.0 Å². The van der Waals surface area contributed by atoms with Gasteiger partial charge in [0.2, 0.25) is 5.79 Å². The van der Waals surface area contributed by atoms with Crippen molar-refractivity contribution in [2.75, 3.05) is 27.9 Å². The summed E-state index contributed by atoms with van der Waals surface area (Å²) in [5, 5.41) is 23.8. The van der Waals surface area contributed by atoms with Crippen molar-refractivity contribution < 1.29 is 53.1 Å². The van der Waals surface area contributed by atoms with Crippen LogP contribution in [0, 0.1) is 35.5 Å². The maximum Gasteiger partial charge on any atom is 0.329 e. The Hall–Kier alpha value is -2.74. The summed E-state index contributed by atoms with van der Waals surface area (Å²) in [5.41, 5.74) is 1.71. The highest BCUT2D eigenvalue weighted by Crippen LogP contribution is 2.39. The molecule has 57 heavy (non-hydrogen) atoms. The Kier molecular flexibility index (Phi) is 17.3. The number of allylic oxidation sites excluding steroid dienone is 4. The Morgan fingerprint density at radius 2 is 1.61 bits per heavy atom. The van der Waals surface area contributed by atoms with E-state index in [1.807, 2.05) is 19.9 Å². The van der Waals surface area contributed by atoms with E-state index in [0.29, 0.717) is 38.0 Å². The van der Waals surface area contributed by atoms with Crippen LogP contribution in [-0.2, 0) is 42.9 Å². The molecule has 12 nitrogen and oxygen atoms in total. The second kappa shape index (κ2) is 21.0.